The summed E-state index contributed by atoms with van der Waals surface area (Å²) in [5, 5.41) is 4.49. The highest BCUT2D eigenvalue weighted by Crippen LogP contribution is 2.28. The van der Waals surface area contributed by atoms with Crippen LogP contribution >= 0.6 is 0 Å². The van der Waals surface area contributed by atoms with Crippen LogP contribution in [0.25, 0.3) is 22.2 Å². The molecule has 0 saturated carbocycles. The third-order valence-corrected chi connectivity index (χ3v) is 9.53. The number of methoxy groups -OCH3 is 1. The van der Waals surface area contributed by atoms with Crippen LogP contribution in [0, 0.1) is 5.92 Å². The Balaban J connectivity index is 1.10. The Labute approximate surface area is 252 Å². The second-order valence-electron chi connectivity index (χ2n) is 11.1. The number of sulfonamides is 1. The fourth-order valence-corrected chi connectivity index (χ4v) is 6.61. The monoisotopic (exact) mass is 596 g/mol. The van der Waals surface area contributed by atoms with Crippen LogP contribution in [0.15, 0.2) is 96.3 Å². The molecule has 0 atom stereocenters. The summed E-state index contributed by atoms with van der Waals surface area (Å²) >= 11 is 0. The highest BCUT2D eigenvalue weighted by molar-refractivity contribution is 7.92. The predicted molar refractivity (Wildman–Crippen MR) is 171 cm³/mol. The van der Waals surface area contributed by atoms with Crippen molar-refractivity contribution in [3.8, 4) is 17.0 Å². The highest BCUT2D eigenvalue weighted by atomic mass is 32.2. The molecule has 1 fully saturated rings. The second kappa shape index (κ2) is 12.4. The van der Waals surface area contributed by atoms with Gasteiger partial charge in [-0.2, -0.15) is 0 Å². The number of anilines is 3. The fourth-order valence-electron chi connectivity index (χ4n) is 5.55. The first-order chi connectivity index (χ1) is 20.9. The van der Waals surface area contributed by atoms with E-state index in [2.05, 4.69) is 67.0 Å². The van der Waals surface area contributed by atoms with Gasteiger partial charge in [0.05, 0.1) is 17.7 Å². The highest BCUT2D eigenvalue weighted by Gasteiger charge is 2.17. The van der Waals surface area contributed by atoms with Gasteiger partial charge in [0.1, 0.15) is 17.9 Å². The molecule has 0 aliphatic carbocycles. The van der Waals surface area contributed by atoms with E-state index in [1.54, 1.807) is 42.7 Å². The fraction of sp³-hybridized carbons (Fsp3) is 0.273. The summed E-state index contributed by atoms with van der Waals surface area (Å²) in [5.41, 5.74) is 4.31. The van der Waals surface area contributed by atoms with E-state index < -0.39 is 10.0 Å². The zero-order chi connectivity index (χ0) is 29.8. The van der Waals surface area contributed by atoms with Gasteiger partial charge in [0, 0.05) is 46.6 Å². The lowest BCUT2D eigenvalue weighted by molar-refractivity contribution is 0.208. The van der Waals surface area contributed by atoms with E-state index in [0.717, 1.165) is 29.4 Å². The first-order valence-corrected chi connectivity index (χ1v) is 16.0. The molecule has 1 saturated heterocycles. The molecule has 0 unspecified atom stereocenters. The lowest BCUT2D eigenvalue weighted by atomic mass is 9.94. The average Bonchev–Trinajstić information content (AvgIpc) is 3.44. The standard InChI is InChI=1S/C33H36N6O3S/c1-38-17-13-24(14-18-38)15-19-39-20-16-26-21-25(3-12-32(26)39)31-22-33(35-23-34-31)36-27-4-6-28(7-5-27)37-43(40,41)30-10-8-29(42-2)9-11-30/h3-12,16,20-24,37H,13-15,17-19H2,1-2H3,(H,34,35,36). The van der Waals surface area contributed by atoms with Crippen molar-refractivity contribution < 1.29 is 13.2 Å². The summed E-state index contributed by atoms with van der Waals surface area (Å²) < 4.78 is 35.6. The van der Waals surface area contributed by atoms with Crippen molar-refractivity contribution in [1.29, 1.82) is 0 Å². The summed E-state index contributed by atoms with van der Waals surface area (Å²) in [6.45, 7) is 3.45. The van der Waals surface area contributed by atoms with Crippen molar-refractivity contribution in [2.75, 3.05) is 37.3 Å². The molecule has 5 aromatic rings. The summed E-state index contributed by atoms with van der Waals surface area (Å²) in [6.07, 6.45) is 7.54. The molecule has 9 nitrogen and oxygen atoms in total. The second-order valence-corrected chi connectivity index (χ2v) is 12.8. The number of nitrogens with zero attached hydrogens (tertiary/aromatic N) is 4. The number of aromatic nitrogens is 3. The van der Waals surface area contributed by atoms with E-state index in [4.69, 9.17) is 4.74 Å². The number of hydrogen-bond donors (Lipinski definition) is 2. The molecule has 2 N–H and O–H groups in total. The van der Waals surface area contributed by atoms with Crippen LogP contribution in [0.2, 0.25) is 0 Å². The molecular formula is C33H36N6O3S. The van der Waals surface area contributed by atoms with Crippen LogP contribution in [0.4, 0.5) is 17.2 Å². The van der Waals surface area contributed by atoms with E-state index in [0.29, 0.717) is 17.3 Å². The Bertz CT molecular complexity index is 1800. The van der Waals surface area contributed by atoms with Crippen LogP contribution in [0.5, 0.6) is 5.75 Å². The number of rotatable bonds is 10. The maximum absolute atomic E-state index is 12.8. The van der Waals surface area contributed by atoms with Crippen molar-refractivity contribution in [1.82, 2.24) is 19.4 Å². The largest absolute Gasteiger partial charge is 0.497 e. The van der Waals surface area contributed by atoms with Crippen LogP contribution in [-0.2, 0) is 16.6 Å². The van der Waals surface area contributed by atoms with Crippen LogP contribution in [-0.4, -0.2) is 55.1 Å². The minimum absolute atomic E-state index is 0.159. The van der Waals surface area contributed by atoms with Gasteiger partial charge in [-0.3, -0.25) is 4.72 Å². The van der Waals surface area contributed by atoms with Gasteiger partial charge in [-0.15, -0.1) is 0 Å². The zero-order valence-corrected chi connectivity index (χ0v) is 25.2. The number of piperidine rings is 1. The molecule has 3 heterocycles. The number of ether oxygens (including phenoxy) is 1. The third-order valence-electron chi connectivity index (χ3n) is 8.13. The van der Waals surface area contributed by atoms with Crippen LogP contribution in [0.1, 0.15) is 19.3 Å². The maximum atomic E-state index is 12.8. The van der Waals surface area contributed by atoms with Crippen molar-refractivity contribution in [2.24, 2.45) is 5.92 Å². The Morgan fingerprint density at radius 1 is 0.907 bits per heavy atom. The topological polar surface area (TPSA) is 101 Å². The van der Waals surface area contributed by atoms with Gasteiger partial charge in [0.25, 0.3) is 10.0 Å². The quantitative estimate of drug-likeness (QED) is 0.193. The minimum Gasteiger partial charge on any atom is -0.497 e. The van der Waals surface area contributed by atoms with Crippen molar-refractivity contribution in [2.45, 2.75) is 30.7 Å². The average molecular weight is 597 g/mol. The normalized spacial score (nSPS) is 14.6. The molecule has 1 aliphatic rings. The molecule has 3 aromatic carbocycles. The smallest absolute Gasteiger partial charge is 0.261 e. The van der Waals surface area contributed by atoms with E-state index in [9.17, 15) is 8.42 Å². The molecule has 0 radical (unpaired) electrons. The van der Waals surface area contributed by atoms with Gasteiger partial charge < -0.3 is 19.5 Å². The Kier molecular flexibility index (Phi) is 8.31. The van der Waals surface area contributed by atoms with Crippen LogP contribution in [0.3, 0.4) is 0 Å². The van der Waals surface area contributed by atoms with Gasteiger partial charge in [-0.25, -0.2) is 18.4 Å². The summed E-state index contributed by atoms with van der Waals surface area (Å²) in [5.74, 6) is 2.04. The maximum Gasteiger partial charge on any atom is 0.261 e. The number of likely N-dealkylation sites (tertiary alicyclic amines) is 1. The van der Waals surface area contributed by atoms with Crippen LogP contribution < -0.4 is 14.8 Å². The molecule has 43 heavy (non-hydrogen) atoms. The third kappa shape index (κ3) is 6.81. The van der Waals surface area contributed by atoms with E-state index in [1.165, 1.54) is 62.5 Å². The molecule has 1 aliphatic heterocycles. The van der Waals surface area contributed by atoms with E-state index in [-0.39, 0.29) is 4.90 Å². The SMILES string of the molecule is COc1ccc(S(=O)(=O)Nc2ccc(Nc3cc(-c4ccc5c(ccn5CCC5CCN(C)CC5)c4)ncn3)cc2)cc1. The Morgan fingerprint density at radius 3 is 2.40 bits per heavy atom. The van der Waals surface area contributed by atoms with Gasteiger partial charge in [0.15, 0.2) is 0 Å². The van der Waals surface area contributed by atoms with Crippen molar-refractivity contribution in [3.63, 3.8) is 0 Å². The first kappa shape index (κ1) is 28.7. The Hall–Kier alpha value is -4.41. The molecule has 0 bridgehead atoms. The van der Waals surface area contributed by atoms with E-state index >= 15 is 0 Å². The van der Waals surface area contributed by atoms with Crippen molar-refractivity contribution >= 4 is 38.1 Å². The van der Waals surface area contributed by atoms with Gasteiger partial charge in [-0.1, -0.05) is 6.07 Å². The number of hydrogen-bond acceptors (Lipinski definition) is 7. The zero-order valence-electron chi connectivity index (χ0n) is 24.4. The van der Waals surface area contributed by atoms with Gasteiger partial charge in [0.2, 0.25) is 0 Å². The number of aryl methyl sites for hydroxylation is 1. The minimum atomic E-state index is -3.72. The van der Waals surface area contributed by atoms with Gasteiger partial charge in [-0.05, 0) is 112 Å². The van der Waals surface area contributed by atoms with Crippen molar-refractivity contribution in [3.05, 3.63) is 91.4 Å². The molecule has 0 spiro atoms. The molecule has 10 heteroatoms. The molecular weight excluding hydrogens is 560 g/mol. The first-order valence-electron chi connectivity index (χ1n) is 14.5. The molecule has 6 rings (SSSR count). The Morgan fingerprint density at radius 2 is 1.65 bits per heavy atom. The molecule has 0 amide bonds. The summed E-state index contributed by atoms with van der Waals surface area (Å²) in [7, 11) is 0.0261. The lowest BCUT2D eigenvalue weighted by Crippen LogP contribution is -2.30. The predicted octanol–water partition coefficient (Wildman–Crippen LogP) is 6.38. The summed E-state index contributed by atoms with van der Waals surface area (Å²) in [6, 6.07) is 23.8. The lowest BCUT2D eigenvalue weighted by Gasteiger charge is -2.29. The van der Waals surface area contributed by atoms with Gasteiger partial charge >= 0.3 is 0 Å². The molecule has 222 valence electrons. The number of nitrogens with one attached hydrogen (secondary N) is 2. The number of fused-ring (bicyclic) bond motifs is 1. The van der Waals surface area contributed by atoms with E-state index in [1.807, 2.05) is 6.07 Å². The summed E-state index contributed by atoms with van der Waals surface area (Å²) in [4.78, 5) is 11.5. The molecule has 2 aromatic heterocycles. The number of benzene rings is 3.